The molecule has 2 fully saturated rings. The standard InChI is InChI=1S/C21H26N2O2S/c1-15-4-2-5-17(14-15)23-11-9-16(10-12-23)22-21(24)20-8-7-19(26-20)18-6-3-13-25-18/h2,4-5,7-8,14,16,18H,3,6,9-13H2,1H3,(H,22,24)/t18-/m1/s1. The molecular formula is C21H26N2O2S. The Morgan fingerprint density at radius 3 is 2.77 bits per heavy atom. The lowest BCUT2D eigenvalue weighted by atomic mass is 10.0. The van der Waals surface area contributed by atoms with Gasteiger partial charge in [-0.15, -0.1) is 11.3 Å². The monoisotopic (exact) mass is 370 g/mol. The van der Waals surface area contributed by atoms with Crippen LogP contribution in [0, 0.1) is 6.92 Å². The van der Waals surface area contributed by atoms with Gasteiger partial charge in [-0.25, -0.2) is 0 Å². The molecule has 0 bridgehead atoms. The minimum Gasteiger partial charge on any atom is -0.373 e. The first-order chi connectivity index (χ1) is 12.7. The Hall–Kier alpha value is -1.85. The number of nitrogens with zero attached hydrogens (tertiary/aromatic N) is 1. The zero-order valence-corrected chi connectivity index (χ0v) is 16.1. The third-order valence-corrected chi connectivity index (χ3v) is 6.47. The Balaban J connectivity index is 1.30. The molecular weight excluding hydrogens is 344 g/mol. The van der Waals surface area contributed by atoms with Gasteiger partial charge in [0.15, 0.2) is 0 Å². The second kappa shape index (κ2) is 7.80. The summed E-state index contributed by atoms with van der Waals surface area (Å²) in [6.07, 6.45) is 4.36. The highest BCUT2D eigenvalue weighted by atomic mass is 32.1. The molecule has 2 aliphatic rings. The maximum atomic E-state index is 12.6. The molecule has 26 heavy (non-hydrogen) atoms. The molecule has 2 saturated heterocycles. The minimum absolute atomic E-state index is 0.0632. The third kappa shape index (κ3) is 3.94. The van der Waals surface area contributed by atoms with E-state index >= 15 is 0 Å². The molecule has 4 nitrogen and oxygen atoms in total. The highest BCUT2D eigenvalue weighted by Gasteiger charge is 2.24. The van der Waals surface area contributed by atoms with Crippen molar-refractivity contribution in [1.29, 1.82) is 0 Å². The number of hydrogen-bond donors (Lipinski definition) is 1. The van der Waals surface area contributed by atoms with Crippen molar-refractivity contribution in [2.75, 3.05) is 24.6 Å². The van der Waals surface area contributed by atoms with Gasteiger partial charge in [-0.2, -0.15) is 0 Å². The van der Waals surface area contributed by atoms with Crippen LogP contribution in [0.5, 0.6) is 0 Å². The van der Waals surface area contributed by atoms with Gasteiger partial charge >= 0.3 is 0 Å². The van der Waals surface area contributed by atoms with Crippen molar-refractivity contribution in [2.45, 2.75) is 44.8 Å². The van der Waals surface area contributed by atoms with Crippen molar-refractivity contribution in [3.63, 3.8) is 0 Å². The number of rotatable bonds is 4. The summed E-state index contributed by atoms with van der Waals surface area (Å²) in [4.78, 5) is 17.0. The van der Waals surface area contributed by atoms with Crippen LogP contribution < -0.4 is 10.2 Å². The number of benzene rings is 1. The zero-order valence-electron chi connectivity index (χ0n) is 15.2. The summed E-state index contributed by atoms with van der Waals surface area (Å²) in [5.41, 5.74) is 2.58. The molecule has 5 heteroatoms. The van der Waals surface area contributed by atoms with Crippen molar-refractivity contribution in [3.8, 4) is 0 Å². The van der Waals surface area contributed by atoms with Crippen molar-refractivity contribution < 1.29 is 9.53 Å². The number of carbonyl (C=O) groups is 1. The van der Waals surface area contributed by atoms with Crippen LogP contribution in [0.3, 0.4) is 0 Å². The second-order valence-electron chi connectivity index (χ2n) is 7.28. The molecule has 1 atom stereocenters. The average Bonchev–Trinajstić information content (AvgIpc) is 3.34. The van der Waals surface area contributed by atoms with Gasteiger partial charge in [0.05, 0.1) is 11.0 Å². The maximum absolute atomic E-state index is 12.6. The van der Waals surface area contributed by atoms with Crippen LogP contribution in [0.1, 0.15) is 51.9 Å². The van der Waals surface area contributed by atoms with E-state index in [2.05, 4.69) is 47.5 Å². The molecule has 2 aliphatic heterocycles. The summed E-state index contributed by atoms with van der Waals surface area (Å²) in [5, 5.41) is 3.23. The highest BCUT2D eigenvalue weighted by molar-refractivity contribution is 7.14. The molecule has 1 aromatic carbocycles. The lowest BCUT2D eigenvalue weighted by Gasteiger charge is -2.34. The lowest BCUT2D eigenvalue weighted by molar-refractivity contribution is 0.0935. The minimum atomic E-state index is 0.0632. The van der Waals surface area contributed by atoms with E-state index < -0.39 is 0 Å². The van der Waals surface area contributed by atoms with Gasteiger partial charge in [-0.05, 0) is 62.4 Å². The third-order valence-electron chi connectivity index (χ3n) is 5.29. The summed E-state index contributed by atoms with van der Waals surface area (Å²) in [5.74, 6) is 0.0632. The van der Waals surface area contributed by atoms with Gasteiger partial charge in [0.2, 0.25) is 0 Å². The van der Waals surface area contributed by atoms with Gasteiger partial charge in [-0.3, -0.25) is 4.79 Å². The fourth-order valence-electron chi connectivity index (χ4n) is 3.81. The van der Waals surface area contributed by atoms with E-state index in [-0.39, 0.29) is 18.1 Å². The van der Waals surface area contributed by atoms with Crippen molar-refractivity contribution in [3.05, 3.63) is 51.7 Å². The number of hydrogen-bond acceptors (Lipinski definition) is 4. The SMILES string of the molecule is Cc1cccc(N2CCC(NC(=O)c3ccc([C@H]4CCCO4)s3)CC2)c1. The Morgan fingerprint density at radius 1 is 1.19 bits per heavy atom. The summed E-state index contributed by atoms with van der Waals surface area (Å²) < 4.78 is 5.72. The highest BCUT2D eigenvalue weighted by Crippen LogP contribution is 2.33. The summed E-state index contributed by atoms with van der Waals surface area (Å²) in [6, 6.07) is 12.9. The van der Waals surface area contributed by atoms with Gasteiger partial charge in [0.25, 0.3) is 5.91 Å². The zero-order chi connectivity index (χ0) is 17.9. The van der Waals surface area contributed by atoms with Crippen LogP contribution >= 0.6 is 11.3 Å². The number of nitrogens with one attached hydrogen (secondary N) is 1. The van der Waals surface area contributed by atoms with Crippen LogP contribution in [-0.4, -0.2) is 31.6 Å². The normalized spacial score (nSPS) is 21.1. The average molecular weight is 371 g/mol. The Kier molecular flexibility index (Phi) is 5.27. The molecule has 1 N–H and O–H groups in total. The summed E-state index contributed by atoms with van der Waals surface area (Å²) >= 11 is 1.58. The Bertz CT molecular complexity index is 759. The van der Waals surface area contributed by atoms with E-state index in [9.17, 15) is 4.79 Å². The number of carbonyl (C=O) groups excluding carboxylic acids is 1. The van der Waals surface area contributed by atoms with Crippen molar-refractivity contribution >= 4 is 22.9 Å². The topological polar surface area (TPSA) is 41.6 Å². The van der Waals surface area contributed by atoms with Crippen LogP contribution in [0.2, 0.25) is 0 Å². The summed E-state index contributed by atoms with van der Waals surface area (Å²) in [7, 11) is 0. The fourth-order valence-corrected chi connectivity index (χ4v) is 4.81. The Labute approximate surface area is 159 Å². The molecule has 0 radical (unpaired) electrons. The molecule has 1 aromatic heterocycles. The number of amides is 1. The lowest BCUT2D eigenvalue weighted by Crippen LogP contribution is -2.44. The van der Waals surface area contributed by atoms with Crippen LogP contribution in [0.25, 0.3) is 0 Å². The molecule has 0 unspecified atom stereocenters. The van der Waals surface area contributed by atoms with Crippen LogP contribution in [-0.2, 0) is 4.74 Å². The molecule has 0 saturated carbocycles. The maximum Gasteiger partial charge on any atom is 0.261 e. The van der Waals surface area contributed by atoms with E-state index in [0.717, 1.165) is 50.3 Å². The van der Waals surface area contributed by atoms with Gasteiger partial charge in [0.1, 0.15) is 0 Å². The predicted octanol–water partition coefficient (Wildman–Crippen LogP) is 4.31. The van der Waals surface area contributed by atoms with Crippen molar-refractivity contribution in [1.82, 2.24) is 5.32 Å². The molecule has 2 aromatic rings. The fraction of sp³-hybridized carbons (Fsp3) is 0.476. The number of thiophene rings is 1. The van der Waals surface area contributed by atoms with Gasteiger partial charge in [-0.1, -0.05) is 12.1 Å². The number of aryl methyl sites for hydroxylation is 1. The second-order valence-corrected chi connectivity index (χ2v) is 8.39. The molecule has 3 heterocycles. The Morgan fingerprint density at radius 2 is 2.04 bits per heavy atom. The first-order valence-electron chi connectivity index (χ1n) is 9.53. The first kappa shape index (κ1) is 17.6. The van der Waals surface area contributed by atoms with E-state index in [0.29, 0.717) is 0 Å². The van der Waals surface area contributed by atoms with E-state index in [1.807, 2.05) is 6.07 Å². The number of anilines is 1. The van der Waals surface area contributed by atoms with E-state index in [1.165, 1.54) is 16.1 Å². The van der Waals surface area contributed by atoms with Crippen LogP contribution in [0.15, 0.2) is 36.4 Å². The summed E-state index contributed by atoms with van der Waals surface area (Å²) in [6.45, 7) is 4.94. The van der Waals surface area contributed by atoms with Crippen molar-refractivity contribution in [2.24, 2.45) is 0 Å². The quantitative estimate of drug-likeness (QED) is 0.872. The molecule has 138 valence electrons. The number of ether oxygens (including phenoxy) is 1. The molecule has 1 amide bonds. The number of piperidine rings is 1. The molecule has 4 rings (SSSR count). The van der Waals surface area contributed by atoms with Gasteiger partial charge in [0, 0.05) is 36.3 Å². The van der Waals surface area contributed by atoms with Crippen LogP contribution in [0.4, 0.5) is 5.69 Å². The first-order valence-corrected chi connectivity index (χ1v) is 10.3. The smallest absolute Gasteiger partial charge is 0.261 e. The predicted molar refractivity (Wildman–Crippen MR) is 106 cm³/mol. The van der Waals surface area contributed by atoms with E-state index in [1.54, 1.807) is 11.3 Å². The largest absolute Gasteiger partial charge is 0.373 e. The molecule has 0 spiro atoms. The van der Waals surface area contributed by atoms with E-state index in [4.69, 9.17) is 4.74 Å². The van der Waals surface area contributed by atoms with Gasteiger partial charge < -0.3 is 15.0 Å². The molecule has 0 aliphatic carbocycles.